The quantitative estimate of drug-likeness (QED) is 0.940. The summed E-state index contributed by atoms with van der Waals surface area (Å²) < 4.78 is 0. The maximum absolute atomic E-state index is 8.99. The van der Waals surface area contributed by atoms with Crippen LogP contribution in [0.25, 0.3) is 0 Å². The third kappa shape index (κ3) is 3.98. The summed E-state index contributed by atoms with van der Waals surface area (Å²) in [6.45, 7) is 4.86. The summed E-state index contributed by atoms with van der Waals surface area (Å²) in [7, 11) is 0. The molecule has 0 bridgehead atoms. The van der Waals surface area contributed by atoms with E-state index in [0.717, 1.165) is 25.3 Å². The molecule has 118 valence electrons. The van der Waals surface area contributed by atoms with Crippen LogP contribution in [0.15, 0.2) is 36.4 Å². The molecule has 0 unspecified atom stereocenters. The van der Waals surface area contributed by atoms with E-state index in [9.17, 15) is 0 Å². The molecule has 0 spiro atoms. The second-order valence-corrected chi connectivity index (χ2v) is 6.00. The van der Waals surface area contributed by atoms with E-state index in [1.165, 1.54) is 18.5 Å². The van der Waals surface area contributed by atoms with Crippen LogP contribution in [-0.4, -0.2) is 29.6 Å². The van der Waals surface area contributed by atoms with E-state index in [2.05, 4.69) is 50.5 Å². The van der Waals surface area contributed by atoms with Gasteiger partial charge in [0.05, 0.1) is 0 Å². The van der Waals surface area contributed by atoms with Crippen molar-refractivity contribution >= 4 is 11.6 Å². The number of anilines is 2. The topological polar surface area (TPSA) is 64.8 Å². The molecule has 1 fully saturated rings. The van der Waals surface area contributed by atoms with Crippen molar-refractivity contribution in [2.45, 2.75) is 19.8 Å². The first-order chi connectivity index (χ1) is 11.2. The second kappa shape index (κ2) is 7.10. The van der Waals surface area contributed by atoms with Crippen molar-refractivity contribution < 1.29 is 0 Å². The molecule has 2 heterocycles. The minimum absolute atomic E-state index is 0.412. The zero-order chi connectivity index (χ0) is 16.1. The highest BCUT2D eigenvalue weighted by Crippen LogP contribution is 2.23. The van der Waals surface area contributed by atoms with Gasteiger partial charge in [0.25, 0.3) is 0 Å². The Morgan fingerprint density at radius 3 is 2.91 bits per heavy atom. The van der Waals surface area contributed by atoms with Gasteiger partial charge in [-0.1, -0.05) is 18.2 Å². The van der Waals surface area contributed by atoms with Gasteiger partial charge in [0.1, 0.15) is 11.8 Å². The zero-order valence-corrected chi connectivity index (χ0v) is 13.4. The molecule has 2 aromatic rings. The molecule has 3 rings (SSSR count). The molecule has 1 atom stereocenters. The van der Waals surface area contributed by atoms with Crippen molar-refractivity contribution in [2.75, 3.05) is 29.9 Å². The molecule has 1 aromatic heterocycles. The molecular formula is C18H21N5. The van der Waals surface area contributed by atoms with E-state index in [4.69, 9.17) is 5.26 Å². The first kappa shape index (κ1) is 15.3. The van der Waals surface area contributed by atoms with E-state index in [0.29, 0.717) is 17.6 Å². The first-order valence-electron chi connectivity index (χ1n) is 8.04. The minimum atomic E-state index is 0.412. The second-order valence-electron chi connectivity index (χ2n) is 6.00. The molecule has 5 nitrogen and oxygen atoms in total. The largest absolute Gasteiger partial charge is 0.371 e. The van der Waals surface area contributed by atoms with Crippen molar-refractivity contribution in [1.29, 1.82) is 5.26 Å². The Bertz CT molecular complexity index is 692. The number of nitrogens with zero attached hydrogens (tertiary/aromatic N) is 4. The van der Waals surface area contributed by atoms with Crippen LogP contribution in [0.2, 0.25) is 0 Å². The maximum Gasteiger partial charge on any atom is 0.224 e. The smallest absolute Gasteiger partial charge is 0.224 e. The molecule has 1 aliphatic rings. The van der Waals surface area contributed by atoms with Crippen molar-refractivity contribution in [3.8, 4) is 6.07 Å². The van der Waals surface area contributed by atoms with Crippen LogP contribution in [0.1, 0.15) is 24.2 Å². The minimum Gasteiger partial charge on any atom is -0.371 e. The fraction of sp³-hybridized carbons (Fsp3) is 0.389. The molecule has 0 amide bonds. The number of rotatable bonds is 4. The van der Waals surface area contributed by atoms with Crippen LogP contribution in [0.4, 0.5) is 11.6 Å². The number of piperidine rings is 1. The number of para-hydroxylation sites is 1. The van der Waals surface area contributed by atoms with E-state index in [-0.39, 0.29) is 0 Å². The van der Waals surface area contributed by atoms with Gasteiger partial charge in [-0.3, -0.25) is 0 Å². The molecule has 23 heavy (non-hydrogen) atoms. The Hall–Kier alpha value is -2.61. The number of hydrogen-bond acceptors (Lipinski definition) is 5. The summed E-state index contributed by atoms with van der Waals surface area (Å²) in [5, 5.41) is 12.3. The Labute approximate surface area is 137 Å². The van der Waals surface area contributed by atoms with Gasteiger partial charge in [0, 0.05) is 31.0 Å². The Kier molecular flexibility index (Phi) is 4.72. The summed E-state index contributed by atoms with van der Waals surface area (Å²) in [5.74, 6) is 1.11. The predicted molar refractivity (Wildman–Crippen MR) is 91.4 cm³/mol. The van der Waals surface area contributed by atoms with E-state index in [1.54, 1.807) is 6.07 Å². The molecule has 1 N–H and O–H groups in total. The lowest BCUT2D eigenvalue weighted by Crippen LogP contribution is -2.38. The highest BCUT2D eigenvalue weighted by atomic mass is 15.2. The maximum atomic E-state index is 8.99. The van der Waals surface area contributed by atoms with Crippen LogP contribution < -0.4 is 10.2 Å². The van der Waals surface area contributed by atoms with Crippen LogP contribution in [0.3, 0.4) is 0 Å². The lowest BCUT2D eigenvalue weighted by atomic mass is 9.97. The molecule has 5 heteroatoms. The zero-order valence-electron chi connectivity index (χ0n) is 13.4. The van der Waals surface area contributed by atoms with Gasteiger partial charge in [-0.05, 0) is 43.9 Å². The van der Waals surface area contributed by atoms with E-state index >= 15 is 0 Å². The Balaban J connectivity index is 1.60. The van der Waals surface area contributed by atoms with Crippen molar-refractivity contribution in [2.24, 2.45) is 5.92 Å². The Morgan fingerprint density at radius 2 is 2.13 bits per heavy atom. The fourth-order valence-electron chi connectivity index (χ4n) is 3.05. The summed E-state index contributed by atoms with van der Waals surface area (Å²) >= 11 is 0. The van der Waals surface area contributed by atoms with Crippen LogP contribution in [-0.2, 0) is 0 Å². The summed E-state index contributed by atoms with van der Waals surface area (Å²) in [6, 6.07) is 14.3. The third-order valence-electron chi connectivity index (χ3n) is 4.16. The number of aryl methyl sites for hydroxylation is 1. The average Bonchev–Trinajstić information content (AvgIpc) is 2.60. The van der Waals surface area contributed by atoms with Gasteiger partial charge in [-0.2, -0.15) is 5.26 Å². The average molecular weight is 307 g/mol. The molecule has 1 aliphatic heterocycles. The van der Waals surface area contributed by atoms with E-state index < -0.39 is 0 Å². The van der Waals surface area contributed by atoms with Gasteiger partial charge in [0.15, 0.2) is 0 Å². The van der Waals surface area contributed by atoms with Gasteiger partial charge in [-0.25, -0.2) is 9.97 Å². The first-order valence-corrected chi connectivity index (χ1v) is 8.04. The SMILES string of the molecule is Cc1cc(C#N)nc(NC[C@@H]2CCCN(c3ccccc3)C2)n1. The Morgan fingerprint density at radius 1 is 1.30 bits per heavy atom. The third-order valence-corrected chi connectivity index (χ3v) is 4.16. The molecule has 0 saturated carbocycles. The molecular weight excluding hydrogens is 286 g/mol. The number of nitrogens with one attached hydrogen (secondary N) is 1. The predicted octanol–water partition coefficient (Wildman–Crippen LogP) is 2.99. The van der Waals surface area contributed by atoms with Gasteiger partial charge in [0.2, 0.25) is 5.95 Å². The highest BCUT2D eigenvalue weighted by molar-refractivity contribution is 5.46. The number of benzene rings is 1. The highest BCUT2D eigenvalue weighted by Gasteiger charge is 2.20. The van der Waals surface area contributed by atoms with Crippen LogP contribution >= 0.6 is 0 Å². The lowest BCUT2D eigenvalue weighted by molar-refractivity contribution is 0.431. The number of hydrogen-bond donors (Lipinski definition) is 1. The standard InChI is InChI=1S/C18H21N5/c1-14-10-16(11-19)22-18(21-14)20-12-15-6-5-9-23(13-15)17-7-3-2-4-8-17/h2-4,7-8,10,15H,5-6,9,12-13H2,1H3,(H,20,21,22)/t15-/m0/s1. The number of nitriles is 1. The van der Waals surface area contributed by atoms with Gasteiger partial charge >= 0.3 is 0 Å². The van der Waals surface area contributed by atoms with Crippen LogP contribution in [0.5, 0.6) is 0 Å². The molecule has 0 radical (unpaired) electrons. The number of aromatic nitrogens is 2. The molecule has 1 aromatic carbocycles. The van der Waals surface area contributed by atoms with Crippen LogP contribution in [0, 0.1) is 24.2 Å². The van der Waals surface area contributed by atoms with Crippen molar-refractivity contribution in [3.05, 3.63) is 47.8 Å². The van der Waals surface area contributed by atoms with Gasteiger partial charge < -0.3 is 10.2 Å². The summed E-state index contributed by atoms with van der Waals surface area (Å²) in [5.41, 5.74) is 2.51. The van der Waals surface area contributed by atoms with Crippen molar-refractivity contribution in [3.63, 3.8) is 0 Å². The normalized spacial score (nSPS) is 17.6. The van der Waals surface area contributed by atoms with E-state index in [1.807, 2.05) is 13.0 Å². The van der Waals surface area contributed by atoms with Crippen molar-refractivity contribution in [1.82, 2.24) is 9.97 Å². The summed E-state index contributed by atoms with van der Waals surface area (Å²) in [4.78, 5) is 11.0. The summed E-state index contributed by atoms with van der Waals surface area (Å²) in [6.07, 6.45) is 2.40. The molecule has 0 aliphatic carbocycles. The monoisotopic (exact) mass is 307 g/mol. The fourth-order valence-corrected chi connectivity index (χ4v) is 3.05. The lowest BCUT2D eigenvalue weighted by Gasteiger charge is -2.34. The molecule has 1 saturated heterocycles. The van der Waals surface area contributed by atoms with Gasteiger partial charge in [-0.15, -0.1) is 0 Å².